The van der Waals surface area contributed by atoms with Crippen molar-refractivity contribution in [3.63, 3.8) is 0 Å². The highest BCUT2D eigenvalue weighted by Gasteiger charge is 2.09. The van der Waals surface area contributed by atoms with Crippen LogP contribution in [0.3, 0.4) is 0 Å². The summed E-state index contributed by atoms with van der Waals surface area (Å²) >= 11 is 3.38. The third-order valence-electron chi connectivity index (χ3n) is 2.96. The predicted octanol–water partition coefficient (Wildman–Crippen LogP) is 3.41. The highest BCUT2D eigenvalue weighted by Crippen LogP contribution is 2.19. The van der Waals surface area contributed by atoms with Gasteiger partial charge in [0, 0.05) is 22.0 Å². The van der Waals surface area contributed by atoms with Crippen molar-refractivity contribution in [3.8, 4) is 0 Å². The van der Waals surface area contributed by atoms with Crippen LogP contribution in [-0.4, -0.2) is 20.6 Å². The van der Waals surface area contributed by atoms with Gasteiger partial charge in [-0.15, -0.1) is 0 Å². The lowest BCUT2D eigenvalue weighted by Gasteiger charge is -2.07. The van der Waals surface area contributed by atoms with Crippen molar-refractivity contribution in [2.24, 2.45) is 0 Å². The Labute approximate surface area is 132 Å². The molecular weight excluding hydrogens is 354 g/mol. The van der Waals surface area contributed by atoms with E-state index in [2.05, 4.69) is 21.2 Å². The zero-order valence-electron chi connectivity index (χ0n) is 11.6. The standard InChI is InChI=1S/C15H14BrNO3S/c1-10-9-11(3-8-14(10)16)15(18)17-12-4-6-13(7-5-12)21(2,19)20/h3-9H,1-2H3,(H,17,18). The van der Waals surface area contributed by atoms with Crippen LogP contribution in [-0.2, 0) is 9.84 Å². The van der Waals surface area contributed by atoms with Crippen LogP contribution < -0.4 is 5.32 Å². The first-order valence-electron chi connectivity index (χ1n) is 6.15. The zero-order chi connectivity index (χ0) is 15.6. The summed E-state index contributed by atoms with van der Waals surface area (Å²) in [7, 11) is -3.23. The number of aryl methyl sites for hydroxylation is 1. The molecule has 0 aromatic heterocycles. The molecular formula is C15H14BrNO3S. The molecule has 21 heavy (non-hydrogen) atoms. The Kier molecular flexibility index (Phi) is 4.49. The molecule has 0 radical (unpaired) electrons. The SMILES string of the molecule is Cc1cc(C(=O)Nc2ccc(S(C)(=O)=O)cc2)ccc1Br. The average Bonchev–Trinajstić information content (AvgIpc) is 2.41. The van der Waals surface area contributed by atoms with E-state index in [1.807, 2.05) is 13.0 Å². The van der Waals surface area contributed by atoms with Crippen molar-refractivity contribution in [1.29, 1.82) is 0 Å². The highest BCUT2D eigenvalue weighted by molar-refractivity contribution is 9.10. The number of amides is 1. The largest absolute Gasteiger partial charge is 0.322 e. The number of anilines is 1. The molecule has 0 aliphatic carbocycles. The van der Waals surface area contributed by atoms with Crippen molar-refractivity contribution < 1.29 is 13.2 Å². The van der Waals surface area contributed by atoms with E-state index in [1.54, 1.807) is 24.3 Å². The van der Waals surface area contributed by atoms with Crippen LogP contribution in [0, 0.1) is 6.92 Å². The van der Waals surface area contributed by atoms with Crippen molar-refractivity contribution in [2.75, 3.05) is 11.6 Å². The summed E-state index contributed by atoms with van der Waals surface area (Å²) < 4.78 is 23.7. The Morgan fingerprint density at radius 1 is 1.10 bits per heavy atom. The van der Waals surface area contributed by atoms with Crippen LogP contribution >= 0.6 is 15.9 Å². The number of hydrogen-bond donors (Lipinski definition) is 1. The molecule has 1 amide bonds. The molecule has 0 heterocycles. The van der Waals surface area contributed by atoms with Gasteiger partial charge in [0.25, 0.3) is 5.91 Å². The smallest absolute Gasteiger partial charge is 0.255 e. The lowest BCUT2D eigenvalue weighted by Crippen LogP contribution is -2.12. The summed E-state index contributed by atoms with van der Waals surface area (Å²) in [6.07, 6.45) is 1.14. The maximum atomic E-state index is 12.1. The number of sulfone groups is 1. The molecule has 6 heteroatoms. The van der Waals surface area contributed by atoms with Gasteiger partial charge in [0.1, 0.15) is 0 Å². The van der Waals surface area contributed by atoms with Gasteiger partial charge in [-0.25, -0.2) is 8.42 Å². The summed E-state index contributed by atoms with van der Waals surface area (Å²) in [6.45, 7) is 1.90. The fourth-order valence-corrected chi connectivity index (χ4v) is 2.65. The number of benzene rings is 2. The number of hydrogen-bond acceptors (Lipinski definition) is 3. The fraction of sp³-hybridized carbons (Fsp3) is 0.133. The molecule has 0 saturated heterocycles. The van der Waals surface area contributed by atoms with Gasteiger partial charge in [0.15, 0.2) is 9.84 Å². The topological polar surface area (TPSA) is 63.2 Å². The minimum Gasteiger partial charge on any atom is -0.322 e. The van der Waals surface area contributed by atoms with Crippen molar-refractivity contribution in [2.45, 2.75) is 11.8 Å². The molecule has 0 aliphatic rings. The quantitative estimate of drug-likeness (QED) is 0.903. The van der Waals surface area contributed by atoms with E-state index in [0.717, 1.165) is 16.3 Å². The third kappa shape index (κ3) is 3.92. The van der Waals surface area contributed by atoms with Crippen molar-refractivity contribution in [3.05, 3.63) is 58.1 Å². The summed E-state index contributed by atoms with van der Waals surface area (Å²) in [5, 5.41) is 2.73. The highest BCUT2D eigenvalue weighted by atomic mass is 79.9. The van der Waals surface area contributed by atoms with Gasteiger partial charge in [-0.2, -0.15) is 0 Å². The minimum atomic E-state index is -3.23. The number of halogens is 1. The van der Waals surface area contributed by atoms with Crippen LogP contribution in [0.15, 0.2) is 51.8 Å². The van der Waals surface area contributed by atoms with E-state index in [4.69, 9.17) is 0 Å². The normalized spacial score (nSPS) is 11.2. The van der Waals surface area contributed by atoms with Crippen LogP contribution in [0.1, 0.15) is 15.9 Å². The Morgan fingerprint density at radius 3 is 2.24 bits per heavy atom. The van der Waals surface area contributed by atoms with Gasteiger partial charge in [-0.1, -0.05) is 15.9 Å². The molecule has 0 saturated carbocycles. The number of carbonyl (C=O) groups is 1. The van der Waals surface area contributed by atoms with E-state index in [9.17, 15) is 13.2 Å². The van der Waals surface area contributed by atoms with E-state index >= 15 is 0 Å². The molecule has 2 rings (SSSR count). The fourth-order valence-electron chi connectivity index (χ4n) is 1.77. The van der Waals surface area contributed by atoms with Crippen LogP contribution in [0.5, 0.6) is 0 Å². The first-order valence-corrected chi connectivity index (χ1v) is 8.83. The van der Waals surface area contributed by atoms with E-state index in [-0.39, 0.29) is 10.8 Å². The third-order valence-corrected chi connectivity index (χ3v) is 4.98. The molecule has 110 valence electrons. The Bertz CT molecular complexity index is 783. The van der Waals surface area contributed by atoms with Crippen LogP contribution in [0.2, 0.25) is 0 Å². The number of carbonyl (C=O) groups excluding carboxylic acids is 1. The monoisotopic (exact) mass is 367 g/mol. The van der Waals surface area contributed by atoms with Gasteiger partial charge in [0.2, 0.25) is 0 Å². The minimum absolute atomic E-state index is 0.222. The Morgan fingerprint density at radius 2 is 1.71 bits per heavy atom. The Balaban J connectivity index is 2.18. The number of nitrogens with one attached hydrogen (secondary N) is 1. The maximum absolute atomic E-state index is 12.1. The summed E-state index contributed by atoms with van der Waals surface area (Å²) in [5.74, 6) is -0.238. The average molecular weight is 368 g/mol. The first kappa shape index (κ1) is 15.7. The lowest BCUT2D eigenvalue weighted by molar-refractivity contribution is 0.102. The molecule has 0 fully saturated rings. The molecule has 2 aromatic rings. The van der Waals surface area contributed by atoms with E-state index in [1.165, 1.54) is 12.1 Å². The van der Waals surface area contributed by atoms with Gasteiger partial charge in [-0.3, -0.25) is 4.79 Å². The first-order chi connectivity index (χ1) is 9.77. The van der Waals surface area contributed by atoms with Gasteiger partial charge < -0.3 is 5.32 Å². The molecule has 0 atom stereocenters. The zero-order valence-corrected chi connectivity index (χ0v) is 14.0. The second-order valence-corrected chi connectivity index (χ2v) is 7.58. The maximum Gasteiger partial charge on any atom is 0.255 e. The summed E-state index contributed by atoms with van der Waals surface area (Å²) in [4.78, 5) is 12.3. The predicted molar refractivity (Wildman–Crippen MR) is 86.4 cm³/mol. The van der Waals surface area contributed by atoms with Gasteiger partial charge in [0.05, 0.1) is 4.90 Å². The van der Waals surface area contributed by atoms with Crippen molar-refractivity contribution >= 4 is 37.4 Å². The second kappa shape index (κ2) is 5.99. The molecule has 0 unspecified atom stereocenters. The van der Waals surface area contributed by atoms with Gasteiger partial charge in [-0.05, 0) is 55.0 Å². The summed E-state index contributed by atoms with van der Waals surface area (Å²) in [6, 6.07) is 11.4. The molecule has 0 spiro atoms. The Hall–Kier alpha value is -1.66. The summed E-state index contributed by atoms with van der Waals surface area (Å²) in [5.41, 5.74) is 2.06. The molecule has 0 aliphatic heterocycles. The van der Waals surface area contributed by atoms with E-state index in [0.29, 0.717) is 11.3 Å². The molecule has 0 bridgehead atoms. The molecule has 2 aromatic carbocycles. The molecule has 1 N–H and O–H groups in total. The lowest BCUT2D eigenvalue weighted by atomic mass is 10.1. The molecule has 4 nitrogen and oxygen atoms in total. The second-order valence-electron chi connectivity index (χ2n) is 4.71. The van der Waals surface area contributed by atoms with Gasteiger partial charge >= 0.3 is 0 Å². The van der Waals surface area contributed by atoms with Crippen molar-refractivity contribution in [1.82, 2.24) is 0 Å². The van der Waals surface area contributed by atoms with Crippen LogP contribution in [0.25, 0.3) is 0 Å². The van der Waals surface area contributed by atoms with E-state index < -0.39 is 9.84 Å². The van der Waals surface area contributed by atoms with Crippen LogP contribution in [0.4, 0.5) is 5.69 Å². The number of rotatable bonds is 3.